The molecule has 0 radical (unpaired) electrons. The van der Waals surface area contributed by atoms with Crippen LogP contribution >= 0.6 is 0 Å². The first-order chi connectivity index (χ1) is 10.4. The van der Waals surface area contributed by atoms with Gasteiger partial charge in [-0.25, -0.2) is 4.98 Å². The third-order valence-corrected chi connectivity index (χ3v) is 3.65. The van der Waals surface area contributed by atoms with Crippen LogP contribution in [0.5, 0.6) is 5.75 Å². The van der Waals surface area contributed by atoms with E-state index in [0.717, 1.165) is 31.0 Å². The van der Waals surface area contributed by atoms with E-state index in [1.165, 1.54) is 16.3 Å². The van der Waals surface area contributed by atoms with Gasteiger partial charge in [0.2, 0.25) is 0 Å². The fourth-order valence-electron chi connectivity index (χ4n) is 2.55. The van der Waals surface area contributed by atoms with Crippen molar-refractivity contribution in [3.05, 3.63) is 60.2 Å². The van der Waals surface area contributed by atoms with Crippen LogP contribution in [0.25, 0.3) is 10.8 Å². The number of aromatic nitrogens is 2. The number of methoxy groups -OCH3 is 1. The molecule has 1 aromatic heterocycles. The number of fused-ring (bicyclic) bond motifs is 1. The first-order valence-corrected chi connectivity index (χ1v) is 7.11. The Bertz CT molecular complexity index is 707. The predicted octanol–water partition coefficient (Wildman–Crippen LogP) is 2.90. The van der Waals surface area contributed by atoms with Crippen LogP contribution in [0.1, 0.15) is 11.3 Å². The molecule has 0 spiro atoms. The van der Waals surface area contributed by atoms with E-state index in [4.69, 9.17) is 4.74 Å². The molecule has 108 valence electrons. The van der Waals surface area contributed by atoms with Crippen LogP contribution in [0.3, 0.4) is 0 Å². The predicted molar refractivity (Wildman–Crippen MR) is 84.5 cm³/mol. The monoisotopic (exact) mass is 281 g/mol. The van der Waals surface area contributed by atoms with E-state index in [-0.39, 0.29) is 0 Å². The molecule has 0 amide bonds. The van der Waals surface area contributed by atoms with Crippen LogP contribution in [-0.2, 0) is 13.0 Å². The Morgan fingerprint density at radius 2 is 2.10 bits per heavy atom. The molecule has 4 heteroatoms. The minimum atomic E-state index is 0.790. The Morgan fingerprint density at radius 3 is 2.90 bits per heavy atom. The largest absolute Gasteiger partial charge is 0.496 e. The van der Waals surface area contributed by atoms with Gasteiger partial charge in [-0.15, -0.1) is 0 Å². The summed E-state index contributed by atoms with van der Waals surface area (Å²) < 4.78 is 5.50. The van der Waals surface area contributed by atoms with Gasteiger partial charge in [-0.05, 0) is 16.8 Å². The summed E-state index contributed by atoms with van der Waals surface area (Å²) in [5, 5.41) is 5.96. The van der Waals surface area contributed by atoms with Crippen molar-refractivity contribution in [2.75, 3.05) is 13.7 Å². The molecule has 0 saturated carbocycles. The molecule has 3 aromatic rings. The smallest absolute Gasteiger partial charge is 0.123 e. The first-order valence-electron chi connectivity index (χ1n) is 7.11. The fourth-order valence-corrected chi connectivity index (χ4v) is 2.55. The third kappa shape index (κ3) is 3.06. The van der Waals surface area contributed by atoms with Crippen molar-refractivity contribution in [3.8, 4) is 5.75 Å². The highest BCUT2D eigenvalue weighted by atomic mass is 16.5. The Kier molecular flexibility index (Phi) is 4.17. The molecule has 3 rings (SSSR count). The van der Waals surface area contributed by atoms with Crippen molar-refractivity contribution < 1.29 is 4.74 Å². The van der Waals surface area contributed by atoms with Crippen LogP contribution in [0, 0.1) is 0 Å². The quantitative estimate of drug-likeness (QED) is 0.683. The molecule has 4 nitrogen and oxygen atoms in total. The van der Waals surface area contributed by atoms with Gasteiger partial charge in [-0.2, -0.15) is 0 Å². The minimum Gasteiger partial charge on any atom is -0.496 e. The molecular weight excluding hydrogens is 262 g/mol. The number of imidazole rings is 1. The van der Waals surface area contributed by atoms with E-state index in [2.05, 4.69) is 45.6 Å². The summed E-state index contributed by atoms with van der Waals surface area (Å²) in [6.45, 7) is 1.69. The lowest BCUT2D eigenvalue weighted by molar-refractivity contribution is 0.409. The van der Waals surface area contributed by atoms with Crippen LogP contribution in [0.15, 0.2) is 48.9 Å². The maximum atomic E-state index is 5.50. The average molecular weight is 281 g/mol. The molecule has 2 N–H and O–H groups in total. The van der Waals surface area contributed by atoms with E-state index in [1.807, 2.05) is 12.3 Å². The van der Waals surface area contributed by atoms with Gasteiger partial charge in [0.1, 0.15) is 5.75 Å². The summed E-state index contributed by atoms with van der Waals surface area (Å²) in [6, 6.07) is 12.5. The second-order valence-electron chi connectivity index (χ2n) is 4.97. The summed E-state index contributed by atoms with van der Waals surface area (Å²) >= 11 is 0. The molecule has 0 fully saturated rings. The number of hydrogen-bond acceptors (Lipinski definition) is 3. The summed E-state index contributed by atoms with van der Waals surface area (Å²) in [5.74, 6) is 0.933. The maximum absolute atomic E-state index is 5.50. The Morgan fingerprint density at radius 1 is 1.19 bits per heavy atom. The highest BCUT2D eigenvalue weighted by molar-refractivity contribution is 5.87. The number of aromatic amines is 1. The number of rotatable bonds is 6. The van der Waals surface area contributed by atoms with Gasteiger partial charge in [0.15, 0.2) is 0 Å². The van der Waals surface area contributed by atoms with Gasteiger partial charge >= 0.3 is 0 Å². The molecule has 1 heterocycles. The zero-order valence-electron chi connectivity index (χ0n) is 12.1. The molecule has 0 atom stereocenters. The number of ether oxygens (including phenoxy) is 1. The summed E-state index contributed by atoms with van der Waals surface area (Å²) in [7, 11) is 1.72. The number of benzene rings is 2. The van der Waals surface area contributed by atoms with E-state index in [1.54, 1.807) is 13.4 Å². The van der Waals surface area contributed by atoms with E-state index >= 15 is 0 Å². The Labute approximate surface area is 124 Å². The van der Waals surface area contributed by atoms with E-state index in [0.29, 0.717) is 0 Å². The van der Waals surface area contributed by atoms with Gasteiger partial charge in [0, 0.05) is 37.0 Å². The molecule has 0 aliphatic carbocycles. The number of nitrogens with one attached hydrogen (secondary N) is 2. The van der Waals surface area contributed by atoms with Crippen LogP contribution in [-0.4, -0.2) is 23.6 Å². The van der Waals surface area contributed by atoms with Gasteiger partial charge in [0.25, 0.3) is 0 Å². The second-order valence-corrected chi connectivity index (χ2v) is 4.97. The Balaban J connectivity index is 1.72. The minimum absolute atomic E-state index is 0.790. The van der Waals surface area contributed by atoms with Crippen molar-refractivity contribution in [1.29, 1.82) is 0 Å². The lowest BCUT2D eigenvalue weighted by Crippen LogP contribution is -2.17. The average Bonchev–Trinajstić information content (AvgIpc) is 3.04. The van der Waals surface area contributed by atoms with Crippen molar-refractivity contribution >= 4 is 10.8 Å². The second kappa shape index (κ2) is 6.41. The summed E-state index contributed by atoms with van der Waals surface area (Å²) in [4.78, 5) is 7.14. The normalized spacial score (nSPS) is 10.9. The summed E-state index contributed by atoms with van der Waals surface area (Å²) in [5.41, 5.74) is 2.35. The van der Waals surface area contributed by atoms with Crippen molar-refractivity contribution in [3.63, 3.8) is 0 Å². The van der Waals surface area contributed by atoms with Gasteiger partial charge < -0.3 is 15.0 Å². The molecule has 0 bridgehead atoms. The van der Waals surface area contributed by atoms with Crippen LogP contribution < -0.4 is 10.1 Å². The maximum Gasteiger partial charge on any atom is 0.123 e. The molecule has 0 unspecified atom stereocenters. The van der Waals surface area contributed by atoms with E-state index in [9.17, 15) is 0 Å². The molecule has 0 saturated heterocycles. The molecule has 2 aromatic carbocycles. The van der Waals surface area contributed by atoms with Gasteiger partial charge in [-0.3, -0.25) is 0 Å². The molecule has 0 aliphatic heterocycles. The van der Waals surface area contributed by atoms with Gasteiger partial charge in [0.05, 0.1) is 13.4 Å². The summed E-state index contributed by atoms with van der Waals surface area (Å²) in [6.07, 6.45) is 4.51. The first kappa shape index (κ1) is 13.6. The SMILES string of the molecule is COc1ccc2ccccc2c1CNCCc1cnc[nH]1. The lowest BCUT2D eigenvalue weighted by atomic mass is 10.0. The topological polar surface area (TPSA) is 49.9 Å². The lowest BCUT2D eigenvalue weighted by Gasteiger charge is -2.13. The van der Waals surface area contributed by atoms with Crippen LogP contribution in [0.2, 0.25) is 0 Å². The zero-order valence-corrected chi connectivity index (χ0v) is 12.1. The van der Waals surface area contributed by atoms with Crippen molar-refractivity contribution in [2.45, 2.75) is 13.0 Å². The Hall–Kier alpha value is -2.33. The van der Waals surface area contributed by atoms with Crippen LogP contribution in [0.4, 0.5) is 0 Å². The zero-order chi connectivity index (χ0) is 14.5. The van der Waals surface area contributed by atoms with Gasteiger partial charge in [-0.1, -0.05) is 30.3 Å². The third-order valence-electron chi connectivity index (χ3n) is 3.65. The van der Waals surface area contributed by atoms with Crippen molar-refractivity contribution in [2.24, 2.45) is 0 Å². The van der Waals surface area contributed by atoms with E-state index < -0.39 is 0 Å². The molecule has 21 heavy (non-hydrogen) atoms. The number of hydrogen-bond donors (Lipinski definition) is 2. The standard InChI is InChI=1S/C17H19N3O/c1-21-17-7-6-13-4-2-3-5-15(13)16(17)11-18-9-8-14-10-19-12-20-14/h2-7,10,12,18H,8-9,11H2,1H3,(H,19,20). The number of H-pyrrole nitrogens is 1. The number of nitrogens with zero attached hydrogens (tertiary/aromatic N) is 1. The molecular formula is C17H19N3O. The highest BCUT2D eigenvalue weighted by Crippen LogP contribution is 2.27. The highest BCUT2D eigenvalue weighted by Gasteiger charge is 2.07. The fraction of sp³-hybridized carbons (Fsp3) is 0.235. The van der Waals surface area contributed by atoms with Crippen molar-refractivity contribution in [1.82, 2.24) is 15.3 Å². The molecule has 0 aliphatic rings.